The van der Waals surface area contributed by atoms with Crippen LogP contribution in [0, 0.1) is 0 Å². The van der Waals surface area contributed by atoms with E-state index in [1.165, 1.54) is 0 Å². The van der Waals surface area contributed by atoms with Crippen molar-refractivity contribution in [2.24, 2.45) is 5.73 Å². The molecule has 0 spiro atoms. The summed E-state index contributed by atoms with van der Waals surface area (Å²) in [6, 6.07) is 4.87. The molecule has 0 heterocycles. The van der Waals surface area contributed by atoms with Gasteiger partial charge in [0.05, 0.1) is 26.9 Å². The van der Waals surface area contributed by atoms with E-state index in [0.717, 1.165) is 5.56 Å². The van der Waals surface area contributed by atoms with Crippen molar-refractivity contribution in [1.82, 2.24) is 0 Å². The lowest BCUT2D eigenvalue weighted by atomic mass is 10.1. The van der Waals surface area contributed by atoms with Gasteiger partial charge in [-0.25, -0.2) is 0 Å². The van der Waals surface area contributed by atoms with Gasteiger partial charge in [-0.05, 0) is 18.2 Å². The summed E-state index contributed by atoms with van der Waals surface area (Å²) in [5.41, 5.74) is 6.45. The predicted octanol–water partition coefficient (Wildman–Crippen LogP) is 0.696. The van der Waals surface area contributed by atoms with Gasteiger partial charge in [-0.3, -0.25) is 0 Å². The number of nitrogens with two attached hydrogens (primary N) is 1. The Hall–Kier alpha value is -1.26. The Morgan fingerprint density at radius 1 is 1.36 bits per heavy atom. The summed E-state index contributed by atoms with van der Waals surface area (Å²) >= 11 is 0. The summed E-state index contributed by atoms with van der Waals surface area (Å²) in [4.78, 5) is 0. The highest BCUT2D eigenvalue weighted by molar-refractivity contribution is 5.42. The molecule has 0 aliphatic rings. The molecule has 0 radical (unpaired) electrons. The van der Waals surface area contributed by atoms with Gasteiger partial charge in [0.1, 0.15) is 11.5 Å². The number of ether oxygens (including phenoxy) is 2. The summed E-state index contributed by atoms with van der Waals surface area (Å²) in [5.74, 6) is 1.36. The fourth-order valence-corrected chi connectivity index (χ4v) is 1.23. The lowest BCUT2D eigenvalue weighted by Gasteiger charge is -2.14. The molecule has 0 fully saturated rings. The number of aliphatic hydroxyl groups is 1. The molecule has 1 aromatic rings. The van der Waals surface area contributed by atoms with Crippen LogP contribution in [0.5, 0.6) is 11.5 Å². The van der Waals surface area contributed by atoms with E-state index in [4.69, 9.17) is 20.3 Å². The second-order valence-corrected chi connectivity index (χ2v) is 2.90. The van der Waals surface area contributed by atoms with E-state index in [2.05, 4.69) is 0 Å². The predicted molar refractivity (Wildman–Crippen MR) is 53.6 cm³/mol. The smallest absolute Gasteiger partial charge is 0.123 e. The highest BCUT2D eigenvalue weighted by Gasteiger charge is 2.11. The molecule has 0 bridgehead atoms. The van der Waals surface area contributed by atoms with E-state index in [9.17, 15) is 0 Å². The summed E-state index contributed by atoms with van der Waals surface area (Å²) < 4.78 is 10.2. The normalized spacial score (nSPS) is 12.3. The van der Waals surface area contributed by atoms with Gasteiger partial charge in [0, 0.05) is 5.56 Å². The average Bonchev–Trinajstić information content (AvgIpc) is 2.27. The molecule has 0 saturated carbocycles. The molecule has 0 aliphatic carbocycles. The largest absolute Gasteiger partial charge is 0.497 e. The van der Waals surface area contributed by atoms with Crippen molar-refractivity contribution >= 4 is 0 Å². The van der Waals surface area contributed by atoms with E-state index >= 15 is 0 Å². The van der Waals surface area contributed by atoms with E-state index in [1.54, 1.807) is 32.4 Å². The van der Waals surface area contributed by atoms with Crippen molar-refractivity contribution in [3.8, 4) is 11.5 Å². The molecule has 78 valence electrons. The van der Waals surface area contributed by atoms with E-state index in [0.29, 0.717) is 11.5 Å². The van der Waals surface area contributed by atoms with Crippen molar-refractivity contribution in [1.29, 1.82) is 0 Å². The first-order valence-corrected chi connectivity index (χ1v) is 4.31. The van der Waals surface area contributed by atoms with Crippen molar-refractivity contribution < 1.29 is 14.6 Å². The van der Waals surface area contributed by atoms with Crippen LogP contribution in [0.2, 0.25) is 0 Å². The van der Waals surface area contributed by atoms with Crippen LogP contribution in [0.25, 0.3) is 0 Å². The van der Waals surface area contributed by atoms with Crippen LogP contribution in [-0.4, -0.2) is 25.9 Å². The summed E-state index contributed by atoms with van der Waals surface area (Å²) in [7, 11) is 3.14. The van der Waals surface area contributed by atoms with Crippen LogP contribution in [-0.2, 0) is 0 Å². The molecule has 0 saturated heterocycles. The Labute approximate surface area is 83.3 Å². The lowest BCUT2D eigenvalue weighted by molar-refractivity contribution is 0.264. The van der Waals surface area contributed by atoms with Gasteiger partial charge in [0.25, 0.3) is 0 Å². The maximum atomic E-state index is 8.95. The first-order chi connectivity index (χ1) is 6.72. The lowest BCUT2D eigenvalue weighted by Crippen LogP contribution is -2.15. The van der Waals surface area contributed by atoms with Crippen LogP contribution < -0.4 is 15.2 Å². The Bertz CT molecular complexity index is 301. The van der Waals surface area contributed by atoms with E-state index in [-0.39, 0.29) is 6.61 Å². The number of rotatable bonds is 4. The maximum Gasteiger partial charge on any atom is 0.123 e. The molecular weight excluding hydrogens is 182 g/mol. The average molecular weight is 197 g/mol. The van der Waals surface area contributed by atoms with Gasteiger partial charge in [-0.15, -0.1) is 0 Å². The Morgan fingerprint density at radius 3 is 2.57 bits per heavy atom. The summed E-state index contributed by atoms with van der Waals surface area (Å²) in [6.07, 6.45) is 0. The van der Waals surface area contributed by atoms with E-state index < -0.39 is 6.04 Å². The van der Waals surface area contributed by atoms with Gasteiger partial charge in [0.2, 0.25) is 0 Å². The minimum Gasteiger partial charge on any atom is -0.497 e. The zero-order chi connectivity index (χ0) is 10.6. The first kappa shape index (κ1) is 10.8. The summed E-state index contributed by atoms with van der Waals surface area (Å²) in [6.45, 7) is -0.122. The van der Waals surface area contributed by atoms with E-state index in [1.807, 2.05) is 0 Å². The Morgan fingerprint density at radius 2 is 2.07 bits per heavy atom. The monoisotopic (exact) mass is 197 g/mol. The van der Waals surface area contributed by atoms with Gasteiger partial charge in [-0.2, -0.15) is 0 Å². The molecule has 1 rings (SSSR count). The standard InChI is InChI=1S/C10H15NO3/c1-13-7-3-4-10(14-2)8(5-7)9(11)6-12/h3-5,9,12H,6,11H2,1-2H3/t9-/m0/s1. The van der Waals surface area contributed by atoms with Crippen molar-refractivity contribution in [3.63, 3.8) is 0 Å². The molecule has 0 unspecified atom stereocenters. The van der Waals surface area contributed by atoms with Crippen LogP contribution in [0.1, 0.15) is 11.6 Å². The highest BCUT2D eigenvalue weighted by Crippen LogP contribution is 2.27. The third kappa shape index (κ3) is 2.16. The Kier molecular flexibility index (Phi) is 3.73. The van der Waals surface area contributed by atoms with Crippen LogP contribution in [0.15, 0.2) is 18.2 Å². The molecular formula is C10H15NO3. The maximum absolute atomic E-state index is 8.95. The Balaban J connectivity index is 3.08. The van der Waals surface area contributed by atoms with Gasteiger partial charge in [0.15, 0.2) is 0 Å². The molecule has 3 N–H and O–H groups in total. The number of aliphatic hydroxyl groups excluding tert-OH is 1. The molecule has 1 atom stereocenters. The zero-order valence-corrected chi connectivity index (χ0v) is 8.36. The molecule has 0 aliphatic heterocycles. The van der Waals surface area contributed by atoms with Crippen LogP contribution in [0.4, 0.5) is 0 Å². The van der Waals surface area contributed by atoms with Gasteiger partial charge < -0.3 is 20.3 Å². The third-order valence-corrected chi connectivity index (χ3v) is 2.03. The number of hydrogen-bond donors (Lipinski definition) is 2. The van der Waals surface area contributed by atoms with Gasteiger partial charge in [-0.1, -0.05) is 0 Å². The minimum absolute atomic E-state index is 0.122. The molecule has 4 heteroatoms. The second kappa shape index (κ2) is 4.83. The fourth-order valence-electron chi connectivity index (χ4n) is 1.23. The number of benzene rings is 1. The number of hydrogen-bond acceptors (Lipinski definition) is 4. The SMILES string of the molecule is COc1ccc(OC)c([C@@H](N)CO)c1. The van der Waals surface area contributed by atoms with Crippen molar-refractivity contribution in [2.45, 2.75) is 6.04 Å². The fraction of sp³-hybridized carbons (Fsp3) is 0.400. The molecule has 0 amide bonds. The summed E-state index contributed by atoms with van der Waals surface area (Å²) in [5, 5.41) is 8.95. The minimum atomic E-state index is -0.444. The topological polar surface area (TPSA) is 64.7 Å². The molecule has 0 aromatic heterocycles. The highest BCUT2D eigenvalue weighted by atomic mass is 16.5. The van der Waals surface area contributed by atoms with Crippen molar-refractivity contribution in [2.75, 3.05) is 20.8 Å². The first-order valence-electron chi connectivity index (χ1n) is 4.31. The number of methoxy groups -OCH3 is 2. The quantitative estimate of drug-likeness (QED) is 0.745. The zero-order valence-electron chi connectivity index (χ0n) is 8.36. The molecule has 4 nitrogen and oxygen atoms in total. The third-order valence-electron chi connectivity index (χ3n) is 2.03. The van der Waals surface area contributed by atoms with Crippen molar-refractivity contribution in [3.05, 3.63) is 23.8 Å². The van der Waals surface area contributed by atoms with Crippen LogP contribution in [0.3, 0.4) is 0 Å². The second-order valence-electron chi connectivity index (χ2n) is 2.90. The van der Waals surface area contributed by atoms with Gasteiger partial charge >= 0.3 is 0 Å². The molecule has 14 heavy (non-hydrogen) atoms. The molecule has 1 aromatic carbocycles. The van der Waals surface area contributed by atoms with Crippen LogP contribution >= 0.6 is 0 Å².